The number of phenols is 1. The van der Waals surface area contributed by atoms with Gasteiger partial charge in [-0.3, -0.25) is 29.3 Å². The van der Waals surface area contributed by atoms with Crippen LogP contribution in [0.5, 0.6) is 11.5 Å². The molecular weight excluding hydrogens is 475 g/mol. The Morgan fingerprint density at radius 3 is 2.45 bits per heavy atom. The maximum Gasteiger partial charge on any atom is 0.257 e. The van der Waals surface area contributed by atoms with Crippen LogP contribution >= 0.6 is 23.2 Å². The van der Waals surface area contributed by atoms with Crippen LogP contribution in [0.1, 0.15) is 24.3 Å². The van der Waals surface area contributed by atoms with Gasteiger partial charge in [-0.25, -0.2) is 0 Å². The molecule has 1 saturated carbocycles. The molecule has 6 atom stereocenters. The van der Waals surface area contributed by atoms with Gasteiger partial charge in [-0.15, -0.1) is 23.2 Å². The number of halogens is 2. The number of benzene rings is 1. The minimum atomic E-state index is -1.94. The highest BCUT2D eigenvalue weighted by Gasteiger charge is 2.76. The van der Waals surface area contributed by atoms with E-state index in [0.717, 1.165) is 4.90 Å². The zero-order valence-corrected chi connectivity index (χ0v) is 19.1. The lowest BCUT2D eigenvalue weighted by molar-refractivity contribution is -0.173. The van der Waals surface area contributed by atoms with Crippen molar-refractivity contribution in [2.45, 2.75) is 28.5 Å². The number of fused-ring (bicyclic) bond motifs is 4. The minimum absolute atomic E-state index is 0.0835. The fourth-order valence-electron chi connectivity index (χ4n) is 6.01. The lowest BCUT2D eigenvalue weighted by Gasteiger charge is -2.50. The number of carbonyl (C=O) groups excluding carboxylic acids is 4. The van der Waals surface area contributed by atoms with Crippen LogP contribution in [0.4, 0.5) is 0 Å². The molecule has 9 nitrogen and oxygen atoms in total. The van der Waals surface area contributed by atoms with Crippen molar-refractivity contribution in [2.75, 3.05) is 14.2 Å². The van der Waals surface area contributed by atoms with E-state index in [0.29, 0.717) is 11.1 Å². The molecule has 33 heavy (non-hydrogen) atoms. The van der Waals surface area contributed by atoms with Gasteiger partial charge in [0, 0.05) is 24.6 Å². The van der Waals surface area contributed by atoms with E-state index in [9.17, 15) is 29.5 Å². The first kappa shape index (κ1) is 22.2. The Balaban J connectivity index is 1.78. The lowest BCUT2D eigenvalue weighted by atomic mass is 9.56. The second-order valence-electron chi connectivity index (χ2n) is 8.91. The summed E-state index contributed by atoms with van der Waals surface area (Å²) in [5, 5.41) is 20.1. The average molecular weight is 495 g/mol. The molecule has 2 heterocycles. The third-order valence-corrected chi connectivity index (χ3v) is 8.93. The largest absolute Gasteiger partial charge is 0.508 e. The summed E-state index contributed by atoms with van der Waals surface area (Å²) in [6.07, 6.45) is 1.73. The van der Waals surface area contributed by atoms with Gasteiger partial charge in [0.25, 0.3) is 23.6 Å². The monoisotopic (exact) mass is 494 g/mol. The van der Waals surface area contributed by atoms with Crippen molar-refractivity contribution in [3.05, 3.63) is 35.4 Å². The predicted molar refractivity (Wildman–Crippen MR) is 114 cm³/mol. The Bertz CT molecular complexity index is 1170. The highest BCUT2D eigenvalue weighted by atomic mass is 35.5. The van der Waals surface area contributed by atoms with Gasteiger partial charge in [-0.05, 0) is 24.8 Å². The number of aromatic hydroxyl groups is 1. The van der Waals surface area contributed by atoms with Gasteiger partial charge >= 0.3 is 0 Å². The van der Waals surface area contributed by atoms with E-state index in [4.69, 9.17) is 27.9 Å². The summed E-state index contributed by atoms with van der Waals surface area (Å²) in [5.41, 5.74) is 0.971. The fourth-order valence-corrected chi connectivity index (χ4v) is 7.02. The lowest BCUT2D eigenvalue weighted by Crippen LogP contribution is -2.60. The minimum Gasteiger partial charge on any atom is -0.508 e. The molecule has 1 aromatic rings. The average Bonchev–Trinajstić information content (AvgIpc) is 3.09. The number of alkyl halides is 2. The van der Waals surface area contributed by atoms with Crippen molar-refractivity contribution < 1.29 is 34.2 Å². The third-order valence-electron chi connectivity index (χ3n) is 7.52. The maximum absolute atomic E-state index is 13.4. The van der Waals surface area contributed by atoms with Gasteiger partial charge in [-0.1, -0.05) is 17.7 Å². The number of ether oxygens (including phenoxy) is 1. The molecule has 0 bridgehead atoms. The Morgan fingerprint density at radius 2 is 1.79 bits per heavy atom. The zero-order valence-electron chi connectivity index (χ0n) is 17.6. The van der Waals surface area contributed by atoms with E-state index in [-0.39, 0.29) is 29.4 Å². The number of hydroxylamine groups is 2. The number of methoxy groups -OCH3 is 1. The summed E-state index contributed by atoms with van der Waals surface area (Å²) in [7, 11) is 2.68. The zero-order chi connectivity index (χ0) is 24.0. The number of phenolic OH excluding ortho intramolecular Hbond substituents is 1. The second kappa shape index (κ2) is 6.94. The Hall–Kier alpha value is -2.62. The summed E-state index contributed by atoms with van der Waals surface area (Å²) in [6, 6.07) is 4.28. The van der Waals surface area contributed by atoms with Gasteiger partial charge in [0.2, 0.25) is 0 Å². The molecule has 2 saturated heterocycles. The molecule has 4 aliphatic rings. The smallest absolute Gasteiger partial charge is 0.257 e. The van der Waals surface area contributed by atoms with Gasteiger partial charge in [-0.2, -0.15) is 5.06 Å². The Labute approximate surface area is 198 Å². The maximum atomic E-state index is 13.4. The third kappa shape index (κ3) is 2.53. The van der Waals surface area contributed by atoms with E-state index in [2.05, 4.69) is 0 Å². The van der Waals surface area contributed by atoms with Crippen LogP contribution in [0.3, 0.4) is 0 Å². The number of nitrogens with zero attached hydrogens (tertiary/aromatic N) is 2. The molecule has 1 aromatic carbocycles. The van der Waals surface area contributed by atoms with Crippen molar-refractivity contribution in [3.8, 4) is 11.5 Å². The van der Waals surface area contributed by atoms with Crippen molar-refractivity contribution in [2.24, 2.45) is 17.8 Å². The van der Waals surface area contributed by atoms with Crippen LogP contribution in [0.25, 0.3) is 0 Å². The number of likely N-dealkylation sites (tertiary alicyclic amines) is 1. The van der Waals surface area contributed by atoms with Crippen LogP contribution < -0.4 is 4.74 Å². The molecule has 2 aliphatic carbocycles. The molecule has 5 rings (SSSR count). The van der Waals surface area contributed by atoms with Crippen molar-refractivity contribution in [3.63, 3.8) is 0 Å². The topological polar surface area (TPSA) is 124 Å². The molecule has 174 valence electrons. The van der Waals surface area contributed by atoms with Crippen LogP contribution in [0.15, 0.2) is 29.8 Å². The van der Waals surface area contributed by atoms with E-state index < -0.39 is 57.0 Å². The molecule has 2 N–H and O–H groups in total. The van der Waals surface area contributed by atoms with E-state index in [1.165, 1.54) is 32.4 Å². The summed E-state index contributed by atoms with van der Waals surface area (Å²) in [4.78, 5) is 48.9. The number of hydrogen-bond donors (Lipinski definition) is 2. The molecule has 3 fully saturated rings. The summed E-state index contributed by atoms with van der Waals surface area (Å²) >= 11 is 14.0. The first-order chi connectivity index (χ1) is 15.5. The summed E-state index contributed by atoms with van der Waals surface area (Å²) in [6.45, 7) is 0. The Morgan fingerprint density at radius 1 is 1.09 bits per heavy atom. The SMILES string of the molecule is COc1cc(O)ccc1C1C2=CCC3C(=O)N(O)C(=O)C3C2CC2(Cl)C(=O)N(C)C(=O)C12Cl. The number of rotatable bonds is 2. The number of hydrogen-bond acceptors (Lipinski definition) is 7. The van der Waals surface area contributed by atoms with Gasteiger partial charge in [0.15, 0.2) is 9.75 Å². The highest BCUT2D eigenvalue weighted by molar-refractivity contribution is 6.53. The van der Waals surface area contributed by atoms with Gasteiger partial charge < -0.3 is 9.84 Å². The molecule has 0 radical (unpaired) electrons. The molecule has 2 aliphatic heterocycles. The van der Waals surface area contributed by atoms with Crippen LogP contribution in [0.2, 0.25) is 0 Å². The number of amides is 4. The second-order valence-corrected chi connectivity index (χ2v) is 10.2. The van der Waals surface area contributed by atoms with Crippen molar-refractivity contribution in [1.29, 1.82) is 0 Å². The number of carbonyl (C=O) groups is 4. The number of allylic oxidation sites excluding steroid dienone is 2. The highest BCUT2D eigenvalue weighted by Crippen LogP contribution is 2.66. The van der Waals surface area contributed by atoms with Crippen molar-refractivity contribution in [1.82, 2.24) is 9.96 Å². The van der Waals surface area contributed by atoms with Gasteiger partial charge in [0.1, 0.15) is 11.5 Å². The van der Waals surface area contributed by atoms with Crippen LogP contribution in [-0.2, 0) is 19.2 Å². The van der Waals surface area contributed by atoms with Gasteiger partial charge in [0.05, 0.1) is 18.9 Å². The first-order valence-electron chi connectivity index (χ1n) is 10.3. The summed E-state index contributed by atoms with van der Waals surface area (Å²) < 4.78 is 5.45. The molecule has 4 amide bonds. The molecule has 0 aromatic heterocycles. The fraction of sp³-hybridized carbons (Fsp3) is 0.455. The van der Waals surface area contributed by atoms with Crippen LogP contribution in [0, 0.1) is 17.8 Å². The van der Waals surface area contributed by atoms with E-state index in [1.807, 2.05) is 0 Å². The van der Waals surface area contributed by atoms with Crippen LogP contribution in [-0.4, -0.2) is 67.8 Å². The molecule has 11 heteroatoms. The summed E-state index contributed by atoms with van der Waals surface area (Å²) in [5.74, 6) is -6.22. The first-order valence-corrected chi connectivity index (χ1v) is 11.1. The van der Waals surface area contributed by atoms with E-state index in [1.54, 1.807) is 6.08 Å². The Kier molecular flexibility index (Phi) is 4.67. The quantitative estimate of drug-likeness (QED) is 0.277. The molecule has 6 unspecified atom stereocenters. The molecular formula is C22H20Cl2N2O7. The molecule has 0 spiro atoms. The van der Waals surface area contributed by atoms with E-state index >= 15 is 0 Å². The number of imide groups is 2. The predicted octanol–water partition coefficient (Wildman–Crippen LogP) is 1.78. The standard InChI is InChI=1S/C22H20Cl2N2O7/c1-25-19(30)21(23)8-13-10(5-6-12-15(13)18(29)26(32)17(12)28)16(22(21,24)20(25)31)11-4-3-9(27)7-14(11)33-2/h3-5,7,12-13,15-16,27,32H,6,8H2,1-2H3. The van der Waals surface area contributed by atoms with Crippen molar-refractivity contribution >= 4 is 46.8 Å². The normalized spacial score (nSPS) is 37.7.